The molecule has 20 heavy (non-hydrogen) atoms. The van der Waals surface area contributed by atoms with Crippen LogP contribution in [0.5, 0.6) is 0 Å². The highest BCUT2D eigenvalue weighted by Crippen LogP contribution is 2.38. The average Bonchev–Trinajstić information content (AvgIpc) is 2.84. The van der Waals surface area contributed by atoms with Gasteiger partial charge < -0.3 is 5.73 Å². The number of benzene rings is 1. The topological polar surface area (TPSA) is 29.3 Å². The lowest BCUT2D eigenvalue weighted by molar-refractivity contribution is 0.197. The van der Waals surface area contributed by atoms with Crippen molar-refractivity contribution in [3.63, 3.8) is 0 Å². The summed E-state index contributed by atoms with van der Waals surface area (Å²) in [5, 5.41) is 0.808. The molecule has 2 unspecified atom stereocenters. The molecule has 0 radical (unpaired) electrons. The largest absolute Gasteiger partial charge is 0.329 e. The molecule has 1 aliphatic heterocycles. The van der Waals surface area contributed by atoms with E-state index in [1.165, 1.54) is 6.42 Å². The quantitative estimate of drug-likeness (QED) is 0.862. The Kier molecular flexibility index (Phi) is 5.17. The molecule has 0 aliphatic carbocycles. The Morgan fingerprint density at radius 1 is 1.45 bits per heavy atom. The predicted octanol–water partition coefficient (Wildman–Crippen LogP) is 4.47. The minimum Gasteiger partial charge on any atom is -0.329 e. The van der Waals surface area contributed by atoms with Crippen LogP contribution >= 0.6 is 27.5 Å². The zero-order valence-electron chi connectivity index (χ0n) is 12.5. The number of hydrogen-bond donors (Lipinski definition) is 1. The van der Waals surface area contributed by atoms with Crippen LogP contribution < -0.4 is 5.73 Å². The maximum absolute atomic E-state index is 6.37. The fourth-order valence-corrected chi connectivity index (χ4v) is 3.64. The summed E-state index contributed by atoms with van der Waals surface area (Å²) in [6.45, 7) is 9.79. The van der Waals surface area contributed by atoms with Crippen molar-refractivity contribution in [3.8, 4) is 0 Å². The molecule has 1 fully saturated rings. The van der Waals surface area contributed by atoms with Gasteiger partial charge in [0.2, 0.25) is 0 Å². The fraction of sp³-hybridized carbons (Fsp3) is 0.625. The van der Waals surface area contributed by atoms with E-state index in [1.807, 2.05) is 12.1 Å². The number of rotatable bonds is 3. The van der Waals surface area contributed by atoms with Crippen molar-refractivity contribution in [1.29, 1.82) is 0 Å². The van der Waals surface area contributed by atoms with E-state index < -0.39 is 0 Å². The van der Waals surface area contributed by atoms with Crippen molar-refractivity contribution in [1.82, 2.24) is 4.90 Å². The summed E-state index contributed by atoms with van der Waals surface area (Å²) in [5.41, 5.74) is 7.54. The van der Waals surface area contributed by atoms with Crippen LogP contribution in [0, 0.1) is 11.3 Å². The number of likely N-dealkylation sites (tertiary alicyclic amines) is 1. The van der Waals surface area contributed by atoms with Crippen LogP contribution in [0.3, 0.4) is 0 Å². The van der Waals surface area contributed by atoms with E-state index in [0.717, 1.165) is 34.1 Å². The van der Waals surface area contributed by atoms with Gasteiger partial charge in [0.1, 0.15) is 0 Å². The molecule has 1 aromatic rings. The van der Waals surface area contributed by atoms with Crippen LogP contribution in [-0.2, 0) is 0 Å². The molecule has 2 rings (SSSR count). The lowest BCUT2D eigenvalue weighted by atomic mass is 9.80. The Labute approximate surface area is 135 Å². The number of hydrogen-bond acceptors (Lipinski definition) is 2. The lowest BCUT2D eigenvalue weighted by Crippen LogP contribution is -2.33. The molecule has 0 aromatic heterocycles. The Bertz CT molecular complexity index is 470. The highest BCUT2D eigenvalue weighted by Gasteiger charge is 2.35. The molecule has 112 valence electrons. The lowest BCUT2D eigenvalue weighted by Gasteiger charge is -2.31. The SMILES string of the molecule is CC(C)(C)C1CCN(C(CN)c2cc(Br)ccc2Cl)C1. The standard InChI is InChI=1S/C16H24BrClN2/c1-16(2,3)11-6-7-20(10-11)15(9-19)13-8-12(17)4-5-14(13)18/h4-5,8,11,15H,6-7,9-10,19H2,1-3H3. The highest BCUT2D eigenvalue weighted by atomic mass is 79.9. The van der Waals surface area contributed by atoms with Crippen LogP contribution in [0.25, 0.3) is 0 Å². The van der Waals surface area contributed by atoms with Crippen molar-refractivity contribution < 1.29 is 0 Å². The van der Waals surface area contributed by atoms with Crippen LogP contribution in [0.1, 0.15) is 38.8 Å². The van der Waals surface area contributed by atoms with Crippen molar-refractivity contribution >= 4 is 27.5 Å². The van der Waals surface area contributed by atoms with Gasteiger partial charge in [-0.2, -0.15) is 0 Å². The molecule has 1 aliphatic rings. The molecule has 0 bridgehead atoms. The molecule has 0 saturated carbocycles. The van der Waals surface area contributed by atoms with Crippen LogP contribution in [-0.4, -0.2) is 24.5 Å². The van der Waals surface area contributed by atoms with Gasteiger partial charge in [0.05, 0.1) is 0 Å². The molecule has 0 amide bonds. The summed E-state index contributed by atoms with van der Waals surface area (Å²) >= 11 is 9.90. The summed E-state index contributed by atoms with van der Waals surface area (Å²) < 4.78 is 1.06. The van der Waals surface area contributed by atoms with Crippen LogP contribution in [0.4, 0.5) is 0 Å². The van der Waals surface area contributed by atoms with Gasteiger partial charge in [-0.25, -0.2) is 0 Å². The maximum Gasteiger partial charge on any atom is 0.0485 e. The van der Waals surface area contributed by atoms with E-state index in [4.69, 9.17) is 17.3 Å². The molecular weight excluding hydrogens is 336 g/mol. The van der Waals surface area contributed by atoms with Gasteiger partial charge in [-0.3, -0.25) is 4.90 Å². The second kappa shape index (κ2) is 6.35. The minimum atomic E-state index is 0.215. The zero-order chi connectivity index (χ0) is 14.9. The normalized spacial score (nSPS) is 22.2. The molecule has 2 nitrogen and oxygen atoms in total. The van der Waals surface area contributed by atoms with Gasteiger partial charge in [-0.15, -0.1) is 0 Å². The molecule has 0 spiro atoms. The molecule has 4 heteroatoms. The van der Waals surface area contributed by atoms with Gasteiger partial charge in [-0.1, -0.05) is 48.3 Å². The molecule has 2 atom stereocenters. The smallest absolute Gasteiger partial charge is 0.0485 e. The first-order chi connectivity index (χ1) is 9.32. The van der Waals surface area contributed by atoms with E-state index in [2.05, 4.69) is 47.7 Å². The molecule has 1 heterocycles. The van der Waals surface area contributed by atoms with Crippen molar-refractivity contribution in [2.75, 3.05) is 19.6 Å². The summed E-state index contributed by atoms with van der Waals surface area (Å²) in [6.07, 6.45) is 1.24. The third-order valence-electron chi connectivity index (χ3n) is 4.43. The van der Waals surface area contributed by atoms with E-state index >= 15 is 0 Å². The van der Waals surface area contributed by atoms with Gasteiger partial charge in [0.25, 0.3) is 0 Å². The summed E-state index contributed by atoms with van der Waals surface area (Å²) in [4.78, 5) is 2.49. The minimum absolute atomic E-state index is 0.215. The summed E-state index contributed by atoms with van der Waals surface area (Å²) in [7, 11) is 0. The summed E-state index contributed by atoms with van der Waals surface area (Å²) in [5.74, 6) is 0.725. The first-order valence-corrected chi connectivity index (χ1v) is 8.39. The molecule has 1 saturated heterocycles. The van der Waals surface area contributed by atoms with Gasteiger partial charge in [0.15, 0.2) is 0 Å². The first kappa shape index (κ1) is 16.3. The Morgan fingerprint density at radius 2 is 2.15 bits per heavy atom. The number of nitrogens with two attached hydrogens (primary N) is 1. The van der Waals surface area contributed by atoms with Crippen molar-refractivity contribution in [2.45, 2.75) is 33.2 Å². The third kappa shape index (κ3) is 3.56. The molecule has 1 aromatic carbocycles. The fourth-order valence-electron chi connectivity index (χ4n) is 3.02. The zero-order valence-corrected chi connectivity index (χ0v) is 14.8. The van der Waals surface area contributed by atoms with Gasteiger partial charge in [0, 0.05) is 28.6 Å². The first-order valence-electron chi connectivity index (χ1n) is 7.22. The van der Waals surface area contributed by atoms with Gasteiger partial charge >= 0.3 is 0 Å². The van der Waals surface area contributed by atoms with Gasteiger partial charge in [-0.05, 0) is 48.1 Å². The van der Waals surface area contributed by atoms with E-state index in [-0.39, 0.29) is 6.04 Å². The number of nitrogens with zero attached hydrogens (tertiary/aromatic N) is 1. The monoisotopic (exact) mass is 358 g/mol. The van der Waals surface area contributed by atoms with Crippen molar-refractivity contribution in [3.05, 3.63) is 33.3 Å². The van der Waals surface area contributed by atoms with Crippen LogP contribution in [0.15, 0.2) is 22.7 Å². The molecule has 2 N–H and O–H groups in total. The van der Waals surface area contributed by atoms with E-state index in [0.29, 0.717) is 12.0 Å². The average molecular weight is 360 g/mol. The number of halogens is 2. The molecular formula is C16H24BrClN2. The van der Waals surface area contributed by atoms with Crippen LogP contribution in [0.2, 0.25) is 5.02 Å². The Balaban J connectivity index is 2.20. The van der Waals surface area contributed by atoms with Crippen molar-refractivity contribution in [2.24, 2.45) is 17.1 Å². The van der Waals surface area contributed by atoms with E-state index in [9.17, 15) is 0 Å². The highest BCUT2D eigenvalue weighted by molar-refractivity contribution is 9.10. The predicted molar refractivity (Wildman–Crippen MR) is 90.1 cm³/mol. The second-order valence-electron chi connectivity index (χ2n) is 6.76. The third-order valence-corrected chi connectivity index (χ3v) is 5.26. The summed E-state index contributed by atoms with van der Waals surface area (Å²) in [6, 6.07) is 6.24. The Morgan fingerprint density at radius 3 is 2.70 bits per heavy atom. The van der Waals surface area contributed by atoms with E-state index in [1.54, 1.807) is 0 Å². The second-order valence-corrected chi connectivity index (χ2v) is 8.09. The maximum atomic E-state index is 6.37. The Hall–Kier alpha value is -0.0900.